The Kier molecular flexibility index (Phi) is 4.86. The molecule has 0 radical (unpaired) electrons. The van der Waals surface area contributed by atoms with Crippen LogP contribution in [0.4, 0.5) is 30.2 Å². The second kappa shape index (κ2) is 6.51. The van der Waals surface area contributed by atoms with Gasteiger partial charge >= 0.3 is 6.36 Å². The number of benzene rings is 2. The summed E-state index contributed by atoms with van der Waals surface area (Å²) in [5.74, 6) is -0.410. The van der Waals surface area contributed by atoms with Crippen molar-refractivity contribution in [1.29, 1.82) is 0 Å². The SMILES string of the molecule is O=[N+]([O-])c1cc(Cl)c(Cl)cc1Nc1ccc(OC(F)(F)F)cc1. The average Bonchev–Trinajstić information content (AvgIpc) is 2.43. The quantitative estimate of drug-likeness (QED) is 0.569. The Morgan fingerprint density at radius 3 is 2.17 bits per heavy atom. The molecule has 0 atom stereocenters. The minimum absolute atomic E-state index is 0.0119. The van der Waals surface area contributed by atoms with E-state index >= 15 is 0 Å². The van der Waals surface area contributed by atoms with Gasteiger partial charge in [-0.3, -0.25) is 10.1 Å². The number of anilines is 2. The van der Waals surface area contributed by atoms with Gasteiger partial charge < -0.3 is 10.1 Å². The molecule has 0 amide bonds. The molecule has 2 aromatic rings. The van der Waals surface area contributed by atoms with Crippen molar-refractivity contribution in [2.45, 2.75) is 6.36 Å². The average molecular weight is 367 g/mol. The largest absolute Gasteiger partial charge is 0.573 e. The number of hydrogen-bond acceptors (Lipinski definition) is 4. The fraction of sp³-hybridized carbons (Fsp3) is 0.0769. The predicted octanol–water partition coefficient (Wildman–Crippen LogP) is 5.54. The van der Waals surface area contributed by atoms with Crippen molar-refractivity contribution < 1.29 is 22.8 Å². The molecule has 1 N–H and O–H groups in total. The van der Waals surface area contributed by atoms with Crippen molar-refractivity contribution in [3.8, 4) is 5.75 Å². The summed E-state index contributed by atoms with van der Waals surface area (Å²) in [6.45, 7) is 0. The fourth-order valence-electron chi connectivity index (χ4n) is 1.68. The van der Waals surface area contributed by atoms with Crippen molar-refractivity contribution in [1.82, 2.24) is 0 Å². The Bertz CT molecular complexity index is 736. The number of hydrogen-bond donors (Lipinski definition) is 1. The summed E-state index contributed by atoms with van der Waals surface area (Å²) in [4.78, 5) is 10.3. The van der Waals surface area contributed by atoms with Crippen LogP contribution in [-0.4, -0.2) is 11.3 Å². The zero-order valence-electron chi connectivity index (χ0n) is 11.0. The van der Waals surface area contributed by atoms with Crippen LogP contribution in [0.5, 0.6) is 5.75 Å². The third-order valence-corrected chi connectivity index (χ3v) is 3.32. The molecule has 0 aromatic heterocycles. The number of nitrogens with zero attached hydrogens (tertiary/aromatic N) is 1. The van der Waals surface area contributed by atoms with Crippen molar-refractivity contribution in [2.75, 3.05) is 5.32 Å². The van der Waals surface area contributed by atoms with Crippen LogP contribution in [0, 0.1) is 10.1 Å². The molecular formula is C13H7Cl2F3N2O3. The van der Waals surface area contributed by atoms with E-state index in [0.29, 0.717) is 5.69 Å². The van der Waals surface area contributed by atoms with Gasteiger partial charge in [-0.25, -0.2) is 0 Å². The summed E-state index contributed by atoms with van der Waals surface area (Å²) in [6.07, 6.45) is -4.79. The molecule has 23 heavy (non-hydrogen) atoms. The molecule has 0 aliphatic carbocycles. The van der Waals surface area contributed by atoms with Crippen LogP contribution in [0.3, 0.4) is 0 Å². The van der Waals surface area contributed by atoms with Gasteiger partial charge in [0.15, 0.2) is 0 Å². The van der Waals surface area contributed by atoms with E-state index in [1.807, 2.05) is 0 Å². The summed E-state index contributed by atoms with van der Waals surface area (Å²) in [6, 6.07) is 7.01. The molecule has 2 rings (SSSR count). The normalized spacial score (nSPS) is 11.2. The van der Waals surface area contributed by atoms with Gasteiger partial charge in [0, 0.05) is 11.8 Å². The molecule has 0 aliphatic rings. The molecule has 0 unspecified atom stereocenters. The number of rotatable bonds is 4. The first kappa shape index (κ1) is 17.2. The molecule has 2 aromatic carbocycles. The molecule has 0 fully saturated rings. The lowest BCUT2D eigenvalue weighted by molar-refractivity contribution is -0.383. The summed E-state index contributed by atoms with van der Waals surface area (Å²) in [7, 11) is 0. The lowest BCUT2D eigenvalue weighted by Crippen LogP contribution is -2.16. The van der Waals surface area contributed by atoms with Gasteiger partial charge in [0.2, 0.25) is 0 Å². The lowest BCUT2D eigenvalue weighted by atomic mass is 10.2. The van der Waals surface area contributed by atoms with Crippen LogP contribution in [0.15, 0.2) is 36.4 Å². The van der Waals surface area contributed by atoms with Crippen molar-refractivity contribution in [3.63, 3.8) is 0 Å². The van der Waals surface area contributed by atoms with Crippen LogP contribution in [0.25, 0.3) is 0 Å². The highest BCUT2D eigenvalue weighted by Crippen LogP contribution is 2.36. The van der Waals surface area contributed by atoms with Crippen LogP contribution in [0.2, 0.25) is 10.0 Å². The van der Waals surface area contributed by atoms with Crippen molar-refractivity contribution >= 4 is 40.3 Å². The van der Waals surface area contributed by atoms with E-state index in [0.717, 1.165) is 18.2 Å². The van der Waals surface area contributed by atoms with Gasteiger partial charge in [-0.15, -0.1) is 13.2 Å². The van der Waals surface area contributed by atoms with Crippen molar-refractivity contribution in [3.05, 3.63) is 56.6 Å². The number of ether oxygens (including phenoxy) is 1. The Balaban J connectivity index is 2.26. The minimum atomic E-state index is -4.79. The molecule has 122 valence electrons. The molecule has 0 spiro atoms. The smallest absolute Gasteiger partial charge is 0.406 e. The highest BCUT2D eigenvalue weighted by atomic mass is 35.5. The predicted molar refractivity (Wildman–Crippen MR) is 79.5 cm³/mol. The molecule has 0 bridgehead atoms. The standard InChI is InChI=1S/C13H7Cl2F3N2O3/c14-9-5-11(12(20(21)22)6-10(9)15)19-7-1-3-8(4-2-7)23-13(16,17)18/h1-6,19H. The second-order valence-electron chi connectivity index (χ2n) is 4.24. The lowest BCUT2D eigenvalue weighted by Gasteiger charge is -2.11. The summed E-state index contributed by atoms with van der Waals surface area (Å²) in [5.41, 5.74) is 0.0323. The van der Waals surface area contributed by atoms with E-state index in [1.165, 1.54) is 18.2 Å². The van der Waals surface area contributed by atoms with Crippen molar-refractivity contribution in [2.24, 2.45) is 0 Å². The maximum Gasteiger partial charge on any atom is 0.573 e. The van der Waals surface area contributed by atoms with Crippen LogP contribution < -0.4 is 10.1 Å². The first-order valence-corrected chi connectivity index (χ1v) is 6.67. The molecule has 0 aliphatic heterocycles. The zero-order chi connectivity index (χ0) is 17.2. The van der Waals surface area contributed by atoms with Gasteiger partial charge in [-0.2, -0.15) is 0 Å². The number of nitrogens with one attached hydrogen (secondary N) is 1. The first-order valence-electron chi connectivity index (χ1n) is 5.92. The maximum absolute atomic E-state index is 12.1. The van der Waals surface area contributed by atoms with Gasteiger partial charge in [0.05, 0.1) is 15.0 Å². The van der Waals surface area contributed by atoms with Crippen LogP contribution in [0.1, 0.15) is 0 Å². The third kappa shape index (κ3) is 4.64. The van der Waals surface area contributed by atoms with Gasteiger partial charge in [0.1, 0.15) is 11.4 Å². The summed E-state index contributed by atoms with van der Waals surface area (Å²) < 4.78 is 39.9. The highest BCUT2D eigenvalue weighted by Gasteiger charge is 2.31. The summed E-state index contributed by atoms with van der Waals surface area (Å²) in [5, 5.41) is 13.8. The van der Waals surface area contributed by atoms with Crippen LogP contribution >= 0.6 is 23.2 Å². The molecule has 0 saturated heterocycles. The molecule has 10 heteroatoms. The fourth-order valence-corrected chi connectivity index (χ4v) is 2.00. The number of alkyl halides is 3. The van der Waals surface area contributed by atoms with E-state index in [4.69, 9.17) is 23.2 Å². The molecule has 0 heterocycles. The third-order valence-electron chi connectivity index (χ3n) is 2.60. The molecular weight excluding hydrogens is 360 g/mol. The van der Waals surface area contributed by atoms with E-state index in [1.54, 1.807) is 0 Å². The Labute approximate surface area is 137 Å². The highest BCUT2D eigenvalue weighted by molar-refractivity contribution is 6.42. The topological polar surface area (TPSA) is 64.4 Å². The Morgan fingerprint density at radius 1 is 1.09 bits per heavy atom. The number of nitro benzene ring substituents is 1. The van der Waals surface area contributed by atoms with Gasteiger partial charge in [0.25, 0.3) is 5.69 Å². The maximum atomic E-state index is 12.1. The van der Waals surface area contributed by atoms with E-state index < -0.39 is 17.0 Å². The van der Waals surface area contributed by atoms with Gasteiger partial charge in [-0.1, -0.05) is 23.2 Å². The molecule has 0 saturated carbocycles. The Hall–Kier alpha value is -2.19. The second-order valence-corrected chi connectivity index (χ2v) is 5.05. The number of nitro groups is 1. The molecule has 5 nitrogen and oxygen atoms in total. The first-order chi connectivity index (χ1) is 10.7. The number of halogens is 5. The summed E-state index contributed by atoms with van der Waals surface area (Å²) >= 11 is 11.5. The monoisotopic (exact) mass is 366 g/mol. The minimum Gasteiger partial charge on any atom is -0.406 e. The van der Waals surface area contributed by atoms with E-state index in [2.05, 4.69) is 10.1 Å². The van der Waals surface area contributed by atoms with E-state index in [9.17, 15) is 23.3 Å². The zero-order valence-corrected chi connectivity index (χ0v) is 12.5. The van der Waals surface area contributed by atoms with Gasteiger partial charge in [-0.05, 0) is 30.3 Å². The van der Waals surface area contributed by atoms with E-state index in [-0.39, 0.29) is 21.4 Å². The Morgan fingerprint density at radius 2 is 1.65 bits per heavy atom. The van der Waals surface area contributed by atoms with Crippen LogP contribution in [-0.2, 0) is 0 Å².